The van der Waals surface area contributed by atoms with Gasteiger partial charge in [-0.05, 0) is 30.2 Å². The number of fused-ring (bicyclic) bond motifs is 5. The first-order valence-electron chi connectivity index (χ1n) is 9.03. The SMILES string of the molecule is Nc1ccc2nc3c(c4c2c1SCC4)Cn1c-3cc2c(c1=O)COC(=O)C2O. The zero-order valence-corrected chi connectivity index (χ0v) is 15.5. The number of aryl methyl sites for hydroxylation is 1. The van der Waals surface area contributed by atoms with E-state index in [-0.39, 0.29) is 12.2 Å². The van der Waals surface area contributed by atoms with Crippen LogP contribution in [-0.2, 0) is 29.1 Å². The number of hydrogen-bond acceptors (Lipinski definition) is 7. The Morgan fingerprint density at radius 3 is 2.96 bits per heavy atom. The van der Waals surface area contributed by atoms with Gasteiger partial charge in [0.2, 0.25) is 0 Å². The van der Waals surface area contributed by atoms with Crippen LogP contribution in [0.25, 0.3) is 22.3 Å². The van der Waals surface area contributed by atoms with Gasteiger partial charge >= 0.3 is 5.97 Å². The van der Waals surface area contributed by atoms with Gasteiger partial charge < -0.3 is 20.1 Å². The highest BCUT2D eigenvalue weighted by Gasteiger charge is 2.35. The zero-order chi connectivity index (χ0) is 19.2. The van der Waals surface area contributed by atoms with E-state index >= 15 is 0 Å². The van der Waals surface area contributed by atoms with Crippen LogP contribution in [0.15, 0.2) is 27.9 Å². The first-order valence-corrected chi connectivity index (χ1v) is 10.0. The molecule has 8 heteroatoms. The van der Waals surface area contributed by atoms with Crippen LogP contribution in [0.3, 0.4) is 0 Å². The summed E-state index contributed by atoms with van der Waals surface area (Å²) in [6, 6.07) is 5.50. The Morgan fingerprint density at radius 2 is 2.11 bits per heavy atom. The predicted molar refractivity (Wildman–Crippen MR) is 104 cm³/mol. The average molecular weight is 393 g/mol. The third kappa shape index (κ3) is 1.91. The van der Waals surface area contributed by atoms with E-state index in [1.165, 1.54) is 5.56 Å². The van der Waals surface area contributed by atoms with E-state index in [2.05, 4.69) is 0 Å². The summed E-state index contributed by atoms with van der Waals surface area (Å²) in [5, 5.41) is 11.3. The first kappa shape index (κ1) is 16.1. The number of benzene rings is 1. The number of hydrogen-bond donors (Lipinski definition) is 2. The zero-order valence-electron chi connectivity index (χ0n) is 14.7. The number of rotatable bonds is 0. The van der Waals surface area contributed by atoms with Crippen LogP contribution in [0.5, 0.6) is 0 Å². The molecular weight excluding hydrogens is 378 g/mol. The van der Waals surface area contributed by atoms with Crippen LogP contribution >= 0.6 is 11.8 Å². The second-order valence-electron chi connectivity index (χ2n) is 7.26. The largest absolute Gasteiger partial charge is 0.458 e. The highest BCUT2D eigenvalue weighted by molar-refractivity contribution is 7.99. The molecule has 1 atom stereocenters. The molecule has 0 amide bonds. The Hall–Kier alpha value is -2.84. The lowest BCUT2D eigenvalue weighted by molar-refractivity contribution is -0.157. The summed E-state index contributed by atoms with van der Waals surface area (Å²) in [6.07, 6.45) is -0.553. The lowest BCUT2D eigenvalue weighted by Crippen LogP contribution is -2.32. The van der Waals surface area contributed by atoms with E-state index in [1.807, 2.05) is 12.1 Å². The number of thioether (sulfide) groups is 1. The van der Waals surface area contributed by atoms with Gasteiger partial charge in [0.1, 0.15) is 6.61 Å². The first-order chi connectivity index (χ1) is 13.5. The molecule has 0 bridgehead atoms. The lowest BCUT2D eigenvalue weighted by atomic mass is 9.97. The van der Waals surface area contributed by atoms with Crippen molar-refractivity contribution in [2.75, 3.05) is 11.5 Å². The number of anilines is 1. The molecule has 1 unspecified atom stereocenters. The Kier molecular flexibility index (Phi) is 3.09. The molecule has 3 aliphatic heterocycles. The van der Waals surface area contributed by atoms with Crippen molar-refractivity contribution < 1.29 is 14.6 Å². The number of aromatic nitrogens is 2. The van der Waals surface area contributed by atoms with Crippen LogP contribution in [0.2, 0.25) is 0 Å². The van der Waals surface area contributed by atoms with Crippen molar-refractivity contribution in [3.8, 4) is 11.4 Å². The average Bonchev–Trinajstić information content (AvgIpc) is 3.07. The second kappa shape index (κ2) is 5.36. The van der Waals surface area contributed by atoms with Crippen molar-refractivity contribution >= 4 is 34.3 Å². The van der Waals surface area contributed by atoms with Crippen molar-refractivity contribution in [1.29, 1.82) is 0 Å². The van der Waals surface area contributed by atoms with E-state index < -0.39 is 12.1 Å². The number of carbonyl (C=O) groups excluding carboxylic acids is 1. The molecule has 7 nitrogen and oxygen atoms in total. The third-order valence-corrected chi connectivity index (χ3v) is 6.96. The molecule has 3 N–H and O–H groups in total. The minimum Gasteiger partial charge on any atom is -0.458 e. The molecule has 1 aromatic carbocycles. The minimum absolute atomic E-state index is 0.111. The van der Waals surface area contributed by atoms with Crippen molar-refractivity contribution in [2.24, 2.45) is 0 Å². The number of carbonyl (C=O) groups is 1. The third-order valence-electron chi connectivity index (χ3n) is 5.82. The molecule has 0 saturated carbocycles. The normalized spacial score (nSPS) is 19.2. The molecule has 6 rings (SSSR count). The number of aliphatic hydroxyl groups excluding tert-OH is 1. The summed E-state index contributed by atoms with van der Waals surface area (Å²) >= 11 is 1.74. The number of nitrogens with zero attached hydrogens (tertiary/aromatic N) is 2. The molecule has 0 radical (unpaired) electrons. The molecule has 3 aliphatic rings. The summed E-state index contributed by atoms with van der Waals surface area (Å²) in [4.78, 5) is 30.7. The number of nitrogens with two attached hydrogens (primary N) is 1. The predicted octanol–water partition coefficient (Wildman–Crippen LogP) is 1.75. The number of cyclic esters (lactones) is 1. The lowest BCUT2D eigenvalue weighted by Gasteiger charge is -2.21. The Balaban J connectivity index is 1.68. The molecule has 0 spiro atoms. The summed E-state index contributed by atoms with van der Waals surface area (Å²) in [6.45, 7) is 0.318. The molecule has 0 fully saturated rings. The summed E-state index contributed by atoms with van der Waals surface area (Å²) in [5.41, 5.74) is 11.8. The Labute approximate surface area is 163 Å². The highest BCUT2D eigenvalue weighted by atomic mass is 32.2. The number of esters is 1. The van der Waals surface area contributed by atoms with Gasteiger partial charge in [-0.15, -0.1) is 11.8 Å². The topological polar surface area (TPSA) is 107 Å². The van der Waals surface area contributed by atoms with Gasteiger partial charge in [-0.1, -0.05) is 0 Å². The molecule has 5 heterocycles. The minimum atomic E-state index is -1.44. The molecule has 0 saturated heterocycles. The fraction of sp³-hybridized carbons (Fsp3) is 0.250. The molecule has 2 aromatic heterocycles. The second-order valence-corrected chi connectivity index (χ2v) is 8.36. The molecule has 0 aliphatic carbocycles. The monoisotopic (exact) mass is 393 g/mol. The molecule has 140 valence electrons. The van der Waals surface area contributed by atoms with E-state index in [0.29, 0.717) is 23.4 Å². The number of ether oxygens (including phenoxy) is 1. The van der Waals surface area contributed by atoms with Gasteiger partial charge in [0.25, 0.3) is 5.56 Å². The van der Waals surface area contributed by atoms with E-state index in [0.717, 1.165) is 44.9 Å². The highest BCUT2D eigenvalue weighted by Crippen LogP contribution is 2.44. The van der Waals surface area contributed by atoms with E-state index in [9.17, 15) is 14.7 Å². The maximum Gasteiger partial charge on any atom is 0.340 e. The smallest absolute Gasteiger partial charge is 0.340 e. The quantitative estimate of drug-likeness (QED) is 0.346. The standard InChI is InChI=1S/C20H15N3O4S/c21-12-1-2-13-15-8(3-4-28-18(12)15)10-6-23-14(16(10)22-13)5-9-11(19(23)25)7-27-20(26)17(9)24/h1-2,5,17,24H,3-4,6-7,21H2. The fourth-order valence-corrected chi connectivity index (χ4v) is 5.60. The van der Waals surface area contributed by atoms with Gasteiger partial charge in [-0.25, -0.2) is 9.78 Å². The van der Waals surface area contributed by atoms with Crippen LogP contribution in [-0.4, -0.2) is 26.4 Å². The van der Waals surface area contributed by atoms with Crippen molar-refractivity contribution in [3.05, 3.63) is 50.8 Å². The van der Waals surface area contributed by atoms with Gasteiger partial charge in [0.15, 0.2) is 6.10 Å². The number of pyridine rings is 2. The summed E-state index contributed by atoms with van der Waals surface area (Å²) in [7, 11) is 0. The van der Waals surface area contributed by atoms with Crippen molar-refractivity contribution in [2.45, 2.75) is 30.6 Å². The van der Waals surface area contributed by atoms with Gasteiger partial charge in [-0.3, -0.25) is 4.79 Å². The van der Waals surface area contributed by atoms with Gasteiger partial charge in [-0.2, -0.15) is 0 Å². The van der Waals surface area contributed by atoms with Crippen LogP contribution < -0.4 is 11.3 Å². The fourth-order valence-electron chi connectivity index (χ4n) is 4.48. The Bertz CT molecular complexity index is 1300. The maximum atomic E-state index is 13.1. The molecular formula is C20H15N3O4S. The number of aliphatic hydroxyl groups is 1. The summed E-state index contributed by atoms with van der Waals surface area (Å²) in [5.74, 6) is 0.198. The number of nitrogen functional groups attached to an aromatic ring is 1. The van der Waals surface area contributed by atoms with E-state index in [4.69, 9.17) is 15.5 Å². The van der Waals surface area contributed by atoms with Crippen molar-refractivity contribution in [1.82, 2.24) is 9.55 Å². The van der Waals surface area contributed by atoms with Gasteiger partial charge in [0.05, 0.1) is 29.0 Å². The van der Waals surface area contributed by atoms with Crippen LogP contribution in [0, 0.1) is 0 Å². The van der Waals surface area contributed by atoms with E-state index in [1.54, 1.807) is 22.4 Å². The maximum absolute atomic E-state index is 13.1. The molecule has 3 aromatic rings. The van der Waals surface area contributed by atoms with Crippen LogP contribution in [0.4, 0.5) is 5.69 Å². The van der Waals surface area contributed by atoms with Crippen molar-refractivity contribution in [3.63, 3.8) is 0 Å². The van der Waals surface area contributed by atoms with Crippen LogP contribution in [0.1, 0.15) is 28.4 Å². The Morgan fingerprint density at radius 1 is 1.25 bits per heavy atom. The van der Waals surface area contributed by atoms with Gasteiger partial charge in [0, 0.05) is 32.8 Å². The summed E-state index contributed by atoms with van der Waals surface area (Å²) < 4.78 is 6.61. The molecule has 28 heavy (non-hydrogen) atoms.